The van der Waals surface area contributed by atoms with Gasteiger partial charge in [0.15, 0.2) is 6.10 Å². The van der Waals surface area contributed by atoms with E-state index in [1.807, 2.05) is 21.1 Å². The maximum absolute atomic E-state index is 12.4. The molecular formula is C28H57NO7P+. The number of esters is 1. The van der Waals surface area contributed by atoms with E-state index < -0.39 is 26.0 Å². The second kappa shape index (κ2) is 19.5. The summed E-state index contributed by atoms with van der Waals surface area (Å²) in [6.45, 7) is 4.35. The van der Waals surface area contributed by atoms with Crippen LogP contribution in [0.1, 0.15) is 117 Å². The lowest BCUT2D eigenvalue weighted by Gasteiger charge is -2.26. The smallest absolute Gasteiger partial charge is 0.457 e. The third kappa shape index (κ3) is 18.4. The average molecular weight is 551 g/mol. The Labute approximate surface area is 227 Å². The number of rotatable bonds is 23. The van der Waals surface area contributed by atoms with Gasteiger partial charge in [-0.1, -0.05) is 103 Å². The van der Waals surface area contributed by atoms with Gasteiger partial charge < -0.3 is 18.9 Å². The van der Waals surface area contributed by atoms with E-state index in [4.69, 9.17) is 18.5 Å². The van der Waals surface area contributed by atoms with Gasteiger partial charge in [-0.3, -0.25) is 13.8 Å². The first-order valence-electron chi connectivity index (χ1n) is 14.8. The van der Waals surface area contributed by atoms with Crippen LogP contribution in [0.5, 0.6) is 0 Å². The molecule has 37 heavy (non-hydrogen) atoms. The van der Waals surface area contributed by atoms with Crippen LogP contribution < -0.4 is 0 Å². The highest BCUT2D eigenvalue weighted by Gasteiger charge is 2.44. The van der Waals surface area contributed by atoms with Crippen molar-refractivity contribution in [3.05, 3.63) is 0 Å². The van der Waals surface area contributed by atoms with Crippen molar-refractivity contribution < 1.29 is 37.3 Å². The molecule has 0 spiro atoms. The van der Waals surface area contributed by atoms with Crippen LogP contribution in [0.2, 0.25) is 0 Å². The highest BCUT2D eigenvalue weighted by atomic mass is 31.2. The van der Waals surface area contributed by atoms with Gasteiger partial charge in [0.25, 0.3) is 0 Å². The number of nitrogens with zero attached hydrogens (tertiary/aromatic N) is 1. The zero-order chi connectivity index (χ0) is 27.6. The first kappa shape index (κ1) is 34.5. The van der Waals surface area contributed by atoms with Crippen molar-refractivity contribution in [1.29, 1.82) is 0 Å². The Kier molecular flexibility index (Phi) is 18.2. The van der Waals surface area contributed by atoms with Crippen molar-refractivity contribution in [3.63, 3.8) is 0 Å². The molecule has 0 aromatic rings. The lowest BCUT2D eigenvalue weighted by atomic mass is 10.0. The molecule has 0 saturated carbocycles. The molecule has 1 unspecified atom stereocenters. The topological polar surface area (TPSA) is 91.3 Å². The zero-order valence-electron chi connectivity index (χ0n) is 24.5. The molecule has 4 atom stereocenters. The number of carbonyl (C=O) groups excluding carboxylic acids is 1. The molecule has 0 radical (unpaired) electrons. The van der Waals surface area contributed by atoms with Crippen molar-refractivity contribution in [2.75, 3.05) is 40.9 Å². The molecular weight excluding hydrogens is 493 g/mol. The molecule has 1 saturated heterocycles. The summed E-state index contributed by atoms with van der Waals surface area (Å²) in [6, 6.07) is 0. The number of hydrogen-bond donors (Lipinski definition) is 1. The normalized spacial score (nSPS) is 21.7. The first-order valence-corrected chi connectivity index (χ1v) is 16.3. The molecule has 0 aromatic heterocycles. The SMILES string of the molecule is CCCCCCCCCCCCCCCCC[C@H]1OC[C@@H](OP(=O)(O)OCC[N+](C)(C)C)[C@@H]1OC(C)=O. The molecule has 220 valence electrons. The Morgan fingerprint density at radius 3 is 1.84 bits per heavy atom. The predicted molar refractivity (Wildman–Crippen MR) is 148 cm³/mol. The molecule has 0 aromatic carbocycles. The van der Waals surface area contributed by atoms with Crippen LogP contribution in [0.3, 0.4) is 0 Å². The Hall–Kier alpha value is -0.500. The van der Waals surface area contributed by atoms with Crippen LogP contribution in [0.4, 0.5) is 0 Å². The van der Waals surface area contributed by atoms with Crippen molar-refractivity contribution in [2.24, 2.45) is 0 Å². The summed E-state index contributed by atoms with van der Waals surface area (Å²) in [7, 11) is 1.63. The van der Waals surface area contributed by atoms with E-state index in [2.05, 4.69) is 6.92 Å². The van der Waals surface area contributed by atoms with E-state index in [1.54, 1.807) is 0 Å². The molecule has 0 aliphatic carbocycles. The Bertz CT molecular complexity index is 641. The van der Waals surface area contributed by atoms with Crippen molar-refractivity contribution in [3.8, 4) is 0 Å². The van der Waals surface area contributed by atoms with E-state index in [9.17, 15) is 14.3 Å². The standard InChI is InChI=1S/C28H56NO7P/c1-6-7-8-9-10-11-12-13-14-15-16-17-18-19-20-21-26-28(35-25(2)30)27(24-33-26)36-37(31,32)34-23-22-29(3,4)5/h26-28H,6-24H2,1-5H3/p+1/t26-,27-,28-/m1/s1. The minimum Gasteiger partial charge on any atom is -0.457 e. The van der Waals surface area contributed by atoms with Gasteiger partial charge in [-0.25, -0.2) is 4.57 Å². The minimum absolute atomic E-state index is 0.0889. The quantitative estimate of drug-likeness (QED) is 0.0648. The van der Waals surface area contributed by atoms with Crippen molar-refractivity contribution in [1.82, 2.24) is 0 Å². The fourth-order valence-corrected chi connectivity index (χ4v) is 5.57. The summed E-state index contributed by atoms with van der Waals surface area (Å²) in [5.41, 5.74) is 0. The fourth-order valence-electron chi connectivity index (χ4n) is 4.68. The predicted octanol–water partition coefficient (Wildman–Crippen LogP) is 6.79. The maximum Gasteiger partial charge on any atom is 0.472 e. The van der Waals surface area contributed by atoms with Gasteiger partial charge in [-0.15, -0.1) is 0 Å². The third-order valence-electron chi connectivity index (χ3n) is 6.89. The highest BCUT2D eigenvalue weighted by Crippen LogP contribution is 2.46. The molecule has 1 fully saturated rings. The average Bonchev–Trinajstić information content (AvgIpc) is 3.15. The van der Waals surface area contributed by atoms with Crippen LogP contribution >= 0.6 is 7.82 Å². The van der Waals surface area contributed by atoms with Crippen LogP contribution in [-0.4, -0.2) is 74.6 Å². The van der Waals surface area contributed by atoms with Crippen LogP contribution in [0.15, 0.2) is 0 Å². The number of unbranched alkanes of at least 4 members (excludes halogenated alkanes) is 14. The molecule has 1 aliphatic heterocycles. The van der Waals surface area contributed by atoms with Gasteiger partial charge in [0.2, 0.25) is 0 Å². The van der Waals surface area contributed by atoms with Gasteiger partial charge >= 0.3 is 13.8 Å². The summed E-state index contributed by atoms with van der Waals surface area (Å²) in [4.78, 5) is 21.8. The lowest BCUT2D eigenvalue weighted by molar-refractivity contribution is -0.870. The number of phosphoric ester groups is 1. The van der Waals surface area contributed by atoms with E-state index in [1.165, 1.54) is 90.4 Å². The van der Waals surface area contributed by atoms with E-state index >= 15 is 0 Å². The first-order chi connectivity index (χ1) is 17.5. The molecule has 9 heteroatoms. The summed E-state index contributed by atoms with van der Waals surface area (Å²) in [5, 5.41) is 0. The fraction of sp³-hybridized carbons (Fsp3) is 0.964. The number of hydrogen-bond acceptors (Lipinski definition) is 6. The second-order valence-corrected chi connectivity index (χ2v) is 13.0. The Balaban J connectivity index is 2.19. The zero-order valence-corrected chi connectivity index (χ0v) is 25.4. The molecule has 1 N–H and O–H groups in total. The van der Waals surface area contributed by atoms with Gasteiger partial charge in [-0.2, -0.15) is 0 Å². The van der Waals surface area contributed by atoms with E-state index in [-0.39, 0.29) is 19.3 Å². The number of phosphoric acid groups is 1. The largest absolute Gasteiger partial charge is 0.472 e. The van der Waals surface area contributed by atoms with Gasteiger partial charge in [0.05, 0.1) is 33.9 Å². The lowest BCUT2D eigenvalue weighted by Crippen LogP contribution is -2.38. The third-order valence-corrected chi connectivity index (χ3v) is 7.93. The summed E-state index contributed by atoms with van der Waals surface area (Å²) in [5.74, 6) is -0.454. The van der Waals surface area contributed by atoms with Crippen molar-refractivity contribution in [2.45, 2.75) is 135 Å². The molecule has 1 aliphatic rings. The van der Waals surface area contributed by atoms with Gasteiger partial charge in [0, 0.05) is 6.92 Å². The number of likely N-dealkylation sites (N-methyl/N-ethyl adjacent to an activating group) is 1. The van der Waals surface area contributed by atoms with Gasteiger partial charge in [0.1, 0.15) is 19.3 Å². The number of carbonyl (C=O) groups is 1. The molecule has 1 heterocycles. The molecule has 1 rings (SSSR count). The van der Waals surface area contributed by atoms with Gasteiger partial charge in [-0.05, 0) is 6.42 Å². The number of ether oxygens (including phenoxy) is 2. The molecule has 0 bridgehead atoms. The maximum atomic E-state index is 12.4. The molecule has 8 nitrogen and oxygen atoms in total. The summed E-state index contributed by atoms with van der Waals surface area (Å²) >= 11 is 0. The highest BCUT2D eigenvalue weighted by molar-refractivity contribution is 7.47. The number of quaternary nitrogens is 1. The molecule has 0 amide bonds. The Morgan fingerprint density at radius 1 is 0.892 bits per heavy atom. The summed E-state index contributed by atoms with van der Waals surface area (Å²) < 4.78 is 34.7. The second-order valence-electron chi connectivity index (χ2n) is 11.6. The van der Waals surface area contributed by atoms with Crippen LogP contribution in [0.25, 0.3) is 0 Å². The van der Waals surface area contributed by atoms with E-state index in [0.29, 0.717) is 11.0 Å². The van der Waals surface area contributed by atoms with Crippen LogP contribution in [-0.2, 0) is 27.9 Å². The van der Waals surface area contributed by atoms with E-state index in [0.717, 1.165) is 19.3 Å². The summed E-state index contributed by atoms with van der Waals surface area (Å²) in [6.07, 6.45) is 18.4. The monoisotopic (exact) mass is 550 g/mol. The Morgan fingerprint density at radius 2 is 1.38 bits per heavy atom. The minimum atomic E-state index is -4.28. The van der Waals surface area contributed by atoms with Crippen molar-refractivity contribution >= 4 is 13.8 Å². The van der Waals surface area contributed by atoms with Crippen LogP contribution in [0, 0.1) is 0 Å².